The topological polar surface area (TPSA) is 38.5 Å². The molecule has 1 saturated heterocycles. The molecule has 0 spiro atoms. The van der Waals surface area contributed by atoms with Gasteiger partial charge in [0.1, 0.15) is 12.1 Å². The molecule has 1 aliphatic heterocycles. The Labute approximate surface area is 156 Å². The third-order valence-electron chi connectivity index (χ3n) is 4.43. The summed E-state index contributed by atoms with van der Waals surface area (Å²) in [7, 11) is 0. The van der Waals surface area contributed by atoms with E-state index >= 15 is 0 Å². The molecule has 6 heteroatoms. The lowest BCUT2D eigenvalue weighted by Crippen LogP contribution is -2.37. The molecule has 0 N–H and O–H groups in total. The predicted octanol–water partition coefficient (Wildman–Crippen LogP) is 4.71. The van der Waals surface area contributed by atoms with Gasteiger partial charge in [0.25, 0.3) is 0 Å². The average molecular weight is 373 g/mol. The van der Waals surface area contributed by atoms with Gasteiger partial charge in [0.15, 0.2) is 0 Å². The molecule has 0 saturated carbocycles. The lowest BCUT2D eigenvalue weighted by molar-refractivity contribution is -0.0333. The molecule has 2 aromatic carbocycles. The predicted molar refractivity (Wildman–Crippen MR) is 97.3 cm³/mol. The van der Waals surface area contributed by atoms with Crippen LogP contribution in [0.2, 0.25) is 5.02 Å². The Morgan fingerprint density at radius 3 is 2.77 bits per heavy atom. The maximum atomic E-state index is 13.1. The molecule has 4 nitrogen and oxygen atoms in total. The van der Waals surface area contributed by atoms with Gasteiger partial charge in [-0.1, -0.05) is 35.9 Å². The second-order valence-electron chi connectivity index (χ2n) is 6.27. The van der Waals surface area contributed by atoms with Crippen molar-refractivity contribution in [3.8, 4) is 11.5 Å². The monoisotopic (exact) mass is 372 g/mol. The van der Waals surface area contributed by atoms with Crippen LogP contribution in [0, 0.1) is 5.82 Å². The molecule has 0 unspecified atom stereocenters. The van der Waals surface area contributed by atoms with Crippen molar-refractivity contribution in [2.75, 3.05) is 19.7 Å². The Hall–Kier alpha value is -2.21. The number of rotatable bonds is 4. The maximum absolute atomic E-state index is 13.1. The zero-order chi connectivity index (χ0) is 17.9. The summed E-state index contributed by atoms with van der Waals surface area (Å²) in [4.78, 5) is 6.82. The molecule has 1 aliphatic rings. The van der Waals surface area contributed by atoms with Crippen LogP contribution in [-0.4, -0.2) is 29.6 Å². The molecular formula is C20H18ClFN2O2. The number of oxazole rings is 1. The van der Waals surface area contributed by atoms with Crippen LogP contribution in [0.3, 0.4) is 0 Å². The number of benzene rings is 2. The fourth-order valence-electron chi connectivity index (χ4n) is 3.09. The summed E-state index contributed by atoms with van der Waals surface area (Å²) in [5, 5.41) is 0.614. The first-order valence-electron chi connectivity index (χ1n) is 8.48. The number of hydrogen-bond donors (Lipinski definition) is 0. The van der Waals surface area contributed by atoms with Crippen molar-refractivity contribution in [1.82, 2.24) is 9.88 Å². The highest BCUT2D eigenvalue weighted by Gasteiger charge is 2.23. The smallest absolute Gasteiger partial charge is 0.227 e. The van der Waals surface area contributed by atoms with Gasteiger partial charge in [-0.15, -0.1) is 0 Å². The third-order valence-corrected chi connectivity index (χ3v) is 4.76. The van der Waals surface area contributed by atoms with Crippen LogP contribution in [-0.2, 0) is 11.3 Å². The number of aromatic nitrogens is 1. The molecule has 0 radical (unpaired) electrons. The van der Waals surface area contributed by atoms with Crippen LogP contribution in [0.25, 0.3) is 11.5 Å². The molecule has 26 heavy (non-hydrogen) atoms. The van der Waals surface area contributed by atoms with Gasteiger partial charge >= 0.3 is 0 Å². The minimum absolute atomic E-state index is 0.0701. The fraction of sp³-hybridized carbons (Fsp3) is 0.250. The number of halogens is 2. The van der Waals surface area contributed by atoms with Gasteiger partial charge in [0.05, 0.1) is 29.0 Å². The zero-order valence-electron chi connectivity index (χ0n) is 14.1. The van der Waals surface area contributed by atoms with Crippen LogP contribution in [0.4, 0.5) is 4.39 Å². The summed E-state index contributed by atoms with van der Waals surface area (Å²) in [6, 6.07) is 14.0. The summed E-state index contributed by atoms with van der Waals surface area (Å²) in [5.41, 5.74) is 2.61. The second kappa shape index (κ2) is 7.58. The highest BCUT2D eigenvalue weighted by molar-refractivity contribution is 6.33. The first-order chi connectivity index (χ1) is 12.7. The van der Waals surface area contributed by atoms with Crippen molar-refractivity contribution in [2.24, 2.45) is 0 Å². The second-order valence-corrected chi connectivity index (χ2v) is 6.68. The number of ether oxygens (including phenoxy) is 1. The lowest BCUT2D eigenvalue weighted by atomic mass is 10.1. The van der Waals surface area contributed by atoms with Gasteiger partial charge in [-0.25, -0.2) is 9.37 Å². The Balaban J connectivity index is 1.44. The van der Waals surface area contributed by atoms with Gasteiger partial charge in [0.2, 0.25) is 5.89 Å². The minimum Gasteiger partial charge on any atom is -0.444 e. The van der Waals surface area contributed by atoms with Crippen molar-refractivity contribution >= 4 is 11.6 Å². The molecule has 0 bridgehead atoms. The van der Waals surface area contributed by atoms with Crippen molar-refractivity contribution in [3.05, 3.63) is 76.9 Å². The average Bonchev–Trinajstić information content (AvgIpc) is 3.11. The van der Waals surface area contributed by atoms with Crippen LogP contribution in [0.15, 0.2) is 59.2 Å². The van der Waals surface area contributed by atoms with E-state index in [4.69, 9.17) is 20.8 Å². The van der Waals surface area contributed by atoms with Crippen LogP contribution < -0.4 is 0 Å². The quantitative estimate of drug-likeness (QED) is 0.665. The van der Waals surface area contributed by atoms with E-state index in [9.17, 15) is 4.39 Å². The molecule has 134 valence electrons. The van der Waals surface area contributed by atoms with E-state index in [0.29, 0.717) is 24.1 Å². The Kier molecular flexibility index (Phi) is 5.02. The van der Waals surface area contributed by atoms with Crippen molar-refractivity contribution in [2.45, 2.75) is 12.6 Å². The first-order valence-corrected chi connectivity index (χ1v) is 8.85. The van der Waals surface area contributed by atoms with Gasteiger partial charge < -0.3 is 9.15 Å². The molecule has 4 rings (SSSR count). The molecule has 0 aliphatic carbocycles. The Bertz CT molecular complexity index is 882. The van der Waals surface area contributed by atoms with Crippen LogP contribution in [0.1, 0.15) is 17.4 Å². The van der Waals surface area contributed by atoms with E-state index < -0.39 is 0 Å². The van der Waals surface area contributed by atoms with Crippen molar-refractivity contribution in [1.29, 1.82) is 0 Å². The third kappa shape index (κ3) is 3.80. The fourth-order valence-corrected chi connectivity index (χ4v) is 3.31. The normalized spacial score (nSPS) is 18.2. The Morgan fingerprint density at radius 1 is 1.15 bits per heavy atom. The van der Waals surface area contributed by atoms with Crippen molar-refractivity contribution < 1.29 is 13.5 Å². The van der Waals surface area contributed by atoms with Gasteiger partial charge in [-0.05, 0) is 29.8 Å². The summed E-state index contributed by atoms with van der Waals surface area (Å²) < 4.78 is 24.5. The summed E-state index contributed by atoms with van der Waals surface area (Å²) >= 11 is 6.20. The lowest BCUT2D eigenvalue weighted by Gasteiger charge is -2.32. The molecule has 1 aromatic heterocycles. The van der Waals surface area contributed by atoms with E-state index in [-0.39, 0.29) is 11.9 Å². The van der Waals surface area contributed by atoms with E-state index in [1.807, 2.05) is 24.3 Å². The zero-order valence-corrected chi connectivity index (χ0v) is 14.8. The molecular weight excluding hydrogens is 355 g/mol. The highest BCUT2D eigenvalue weighted by Crippen LogP contribution is 2.28. The summed E-state index contributed by atoms with van der Waals surface area (Å²) in [6.45, 7) is 2.82. The molecule has 3 aromatic rings. The largest absolute Gasteiger partial charge is 0.444 e. The first kappa shape index (κ1) is 17.2. The van der Waals surface area contributed by atoms with E-state index in [1.54, 1.807) is 18.4 Å². The molecule has 1 atom stereocenters. The Morgan fingerprint density at radius 2 is 1.96 bits per heavy atom. The SMILES string of the molecule is Fc1ccc([C@@H]2CN(Cc3coc(-c4ccccc4Cl)n3)CCO2)cc1. The molecule has 1 fully saturated rings. The maximum Gasteiger partial charge on any atom is 0.227 e. The van der Waals surface area contributed by atoms with Gasteiger partial charge in [0, 0.05) is 19.6 Å². The van der Waals surface area contributed by atoms with E-state index in [1.165, 1.54) is 12.1 Å². The number of morpholine rings is 1. The standard InChI is InChI=1S/C20H18ClFN2O2/c21-18-4-2-1-3-17(18)20-23-16(13-26-20)11-24-9-10-25-19(12-24)14-5-7-15(22)8-6-14/h1-8,13,19H,9-12H2/t19-/m0/s1. The molecule has 2 heterocycles. The number of hydrogen-bond acceptors (Lipinski definition) is 4. The van der Waals surface area contributed by atoms with Gasteiger partial charge in [-0.2, -0.15) is 0 Å². The molecule has 0 amide bonds. The van der Waals surface area contributed by atoms with E-state index in [2.05, 4.69) is 9.88 Å². The summed E-state index contributed by atoms with van der Waals surface area (Å²) in [6.07, 6.45) is 1.60. The van der Waals surface area contributed by atoms with E-state index in [0.717, 1.165) is 29.9 Å². The van der Waals surface area contributed by atoms with Gasteiger partial charge in [-0.3, -0.25) is 4.90 Å². The number of nitrogens with zero attached hydrogens (tertiary/aromatic N) is 2. The van der Waals surface area contributed by atoms with Crippen LogP contribution >= 0.6 is 11.6 Å². The summed E-state index contributed by atoms with van der Waals surface area (Å²) in [5.74, 6) is 0.282. The minimum atomic E-state index is -0.240. The van der Waals surface area contributed by atoms with Crippen molar-refractivity contribution in [3.63, 3.8) is 0 Å². The highest BCUT2D eigenvalue weighted by atomic mass is 35.5. The van der Waals surface area contributed by atoms with Crippen LogP contribution in [0.5, 0.6) is 0 Å².